The number of hydrogen-bond donors (Lipinski definition) is 2. The van der Waals surface area contributed by atoms with Gasteiger partial charge >= 0.3 is 0 Å². The first kappa shape index (κ1) is 34.1. The largest absolute Gasteiger partial charge is 0.507 e. The summed E-state index contributed by atoms with van der Waals surface area (Å²) in [6, 6.07) is 32.1. The Morgan fingerprint density at radius 2 is 1.10 bits per heavy atom. The highest BCUT2D eigenvalue weighted by atomic mass is 16.3. The highest BCUT2D eigenvalue weighted by Crippen LogP contribution is 2.45. The molecule has 0 radical (unpaired) electrons. The number of benzene rings is 6. The Morgan fingerprint density at radius 1 is 0.560 bits per heavy atom. The molecular weight excluding hydrogens is 613 g/mol. The van der Waals surface area contributed by atoms with Crippen LogP contribution in [-0.4, -0.2) is 21.6 Å². The van der Waals surface area contributed by atoms with E-state index in [2.05, 4.69) is 60.7 Å². The lowest BCUT2D eigenvalue weighted by atomic mass is 9.91. The van der Waals surface area contributed by atoms with E-state index < -0.39 is 0 Å². The Hall–Kier alpha value is -5.74. The zero-order valence-corrected chi connectivity index (χ0v) is 29.8. The average molecular weight is 657 g/mol. The Kier molecular flexibility index (Phi) is 10.1. The van der Waals surface area contributed by atoms with E-state index in [0.717, 1.165) is 100 Å². The molecule has 0 heterocycles. The smallest absolute Gasteiger partial charge is 0.124 e. The van der Waals surface area contributed by atoms with Crippen LogP contribution >= 0.6 is 0 Å². The van der Waals surface area contributed by atoms with E-state index in [1.54, 1.807) is 12.1 Å². The highest BCUT2D eigenvalue weighted by molar-refractivity contribution is 6.41. The molecule has 0 amide bonds. The van der Waals surface area contributed by atoms with E-state index in [9.17, 15) is 10.2 Å². The first-order valence-corrected chi connectivity index (χ1v) is 17.5. The van der Waals surface area contributed by atoms with E-state index >= 15 is 0 Å². The fourth-order valence-corrected chi connectivity index (χ4v) is 6.96. The molecule has 250 valence electrons. The molecule has 1 aliphatic rings. The molecule has 50 heavy (non-hydrogen) atoms. The van der Waals surface area contributed by atoms with Crippen LogP contribution in [-0.2, 0) is 0 Å². The van der Waals surface area contributed by atoms with Gasteiger partial charge in [-0.2, -0.15) is 0 Å². The zero-order chi connectivity index (χ0) is 35.4. The third-order valence-corrected chi connectivity index (χ3v) is 9.41. The predicted molar refractivity (Wildman–Crippen MR) is 216 cm³/mol. The van der Waals surface area contributed by atoms with Gasteiger partial charge in [-0.25, -0.2) is 0 Å². The number of phenols is 2. The van der Waals surface area contributed by atoms with Gasteiger partial charge in [0, 0.05) is 22.3 Å². The molecule has 0 atom stereocenters. The van der Waals surface area contributed by atoms with Gasteiger partial charge in [0.25, 0.3) is 0 Å². The minimum Gasteiger partial charge on any atom is -0.507 e. The van der Waals surface area contributed by atoms with Crippen molar-refractivity contribution in [3.8, 4) is 33.8 Å². The second-order valence-electron chi connectivity index (χ2n) is 12.2. The summed E-state index contributed by atoms with van der Waals surface area (Å²) in [5.41, 5.74) is 6.43. The van der Waals surface area contributed by atoms with Crippen molar-refractivity contribution in [1.29, 1.82) is 0 Å². The van der Waals surface area contributed by atoms with Crippen LogP contribution in [0, 0.1) is 0 Å². The summed E-state index contributed by atoms with van der Waals surface area (Å²) in [7, 11) is 0. The van der Waals surface area contributed by atoms with Crippen LogP contribution in [0.15, 0.2) is 107 Å². The molecule has 2 N–H and O–H groups in total. The molecule has 0 saturated heterocycles. The van der Waals surface area contributed by atoms with Gasteiger partial charge in [0.15, 0.2) is 0 Å². The monoisotopic (exact) mass is 656 g/mol. The van der Waals surface area contributed by atoms with Crippen molar-refractivity contribution in [2.45, 2.75) is 54.4 Å². The van der Waals surface area contributed by atoms with Gasteiger partial charge in [-0.15, -0.1) is 0 Å². The topological polar surface area (TPSA) is 65.2 Å². The number of hydrogen-bond acceptors (Lipinski definition) is 4. The maximum Gasteiger partial charge on any atom is 0.124 e. The normalized spacial score (nSPS) is 13.8. The van der Waals surface area contributed by atoms with Crippen molar-refractivity contribution in [1.82, 2.24) is 0 Å². The Labute approximate surface area is 294 Å². The summed E-state index contributed by atoms with van der Waals surface area (Å²) in [4.78, 5) is 10.4. The molecule has 6 aromatic rings. The van der Waals surface area contributed by atoms with Crippen LogP contribution in [0.1, 0.15) is 54.4 Å². The second-order valence-corrected chi connectivity index (χ2v) is 12.2. The third kappa shape index (κ3) is 6.25. The Morgan fingerprint density at radius 3 is 1.76 bits per heavy atom. The van der Waals surface area contributed by atoms with Crippen LogP contribution in [0.2, 0.25) is 0 Å². The minimum absolute atomic E-state index is 0.214. The van der Waals surface area contributed by atoms with E-state index in [-0.39, 0.29) is 11.5 Å². The van der Waals surface area contributed by atoms with Crippen molar-refractivity contribution < 1.29 is 10.2 Å². The first-order chi connectivity index (χ1) is 24.4. The lowest BCUT2D eigenvalue weighted by molar-refractivity contribution is 0.476. The van der Waals surface area contributed by atoms with Crippen LogP contribution in [0.4, 0.5) is 11.4 Å². The van der Waals surface area contributed by atoms with Crippen molar-refractivity contribution in [2.75, 3.05) is 0 Å². The van der Waals surface area contributed by atoms with Crippen LogP contribution in [0.25, 0.3) is 68.1 Å². The van der Waals surface area contributed by atoms with E-state index in [1.807, 2.05) is 90.1 Å². The third-order valence-electron chi connectivity index (χ3n) is 9.41. The standard InChI is InChI=1S/C44H38N2O2.C2H6/c1-5-29-21-25-39(47)43(33(29)6-2)41-34-16-10-7-13-30(34)19-23-37(41)45-27(3)28(4)46-38-24-20-31-14-8-11-17-35(31)42(38)44-36-18-12-9-15-32(36)22-26-40(44)48;1-2/h5-6,8-9,11-26,47-48H,7,10H2,1-4H3;1-2H3/b29-5-,33-6+,45-27?,46-28?;. The molecule has 0 aromatic heterocycles. The summed E-state index contributed by atoms with van der Waals surface area (Å²) in [5.74, 6) is 0.447. The van der Waals surface area contributed by atoms with Crippen molar-refractivity contribution in [2.24, 2.45) is 9.98 Å². The van der Waals surface area contributed by atoms with Crippen LogP contribution < -0.4 is 20.9 Å². The molecule has 6 aromatic carbocycles. The second kappa shape index (κ2) is 14.8. The molecule has 4 nitrogen and oxygen atoms in total. The van der Waals surface area contributed by atoms with Crippen LogP contribution in [0.5, 0.6) is 11.5 Å². The first-order valence-electron chi connectivity index (χ1n) is 17.5. The molecule has 1 aliphatic carbocycles. The van der Waals surface area contributed by atoms with Gasteiger partial charge in [0.2, 0.25) is 0 Å². The summed E-state index contributed by atoms with van der Waals surface area (Å²) < 4.78 is 0. The SMILES string of the molecule is C/C=c1/ccc(O)c(-c2c(N=C(C)C(C)=Nc3ccc4ccccc4c3-c3c(O)ccc4ccccc34)ccc3c2=CCCC=3)/c1=C/C.CC. The lowest BCUT2D eigenvalue weighted by Gasteiger charge is -2.16. The number of nitrogens with zero attached hydrogens (tertiary/aromatic N) is 2. The molecule has 0 unspecified atom stereocenters. The maximum absolute atomic E-state index is 11.3. The average Bonchev–Trinajstić information content (AvgIpc) is 3.15. The number of rotatable bonds is 5. The van der Waals surface area contributed by atoms with Crippen molar-refractivity contribution in [3.05, 3.63) is 118 Å². The van der Waals surface area contributed by atoms with Gasteiger partial charge < -0.3 is 10.2 Å². The molecule has 0 spiro atoms. The van der Waals surface area contributed by atoms with Crippen molar-refractivity contribution in [3.63, 3.8) is 0 Å². The summed E-state index contributed by atoms with van der Waals surface area (Å²) >= 11 is 0. The molecule has 0 bridgehead atoms. The number of aliphatic imine (C=N–C) groups is 2. The van der Waals surface area contributed by atoms with E-state index in [0.29, 0.717) is 0 Å². The summed E-state index contributed by atoms with van der Waals surface area (Å²) in [5, 5.41) is 31.1. The molecule has 7 rings (SSSR count). The lowest BCUT2D eigenvalue weighted by Crippen LogP contribution is -2.33. The molecular formula is C46H44N2O2. The highest BCUT2D eigenvalue weighted by Gasteiger charge is 2.18. The van der Waals surface area contributed by atoms with E-state index in [4.69, 9.17) is 9.98 Å². The van der Waals surface area contributed by atoms with Gasteiger partial charge in [-0.3, -0.25) is 9.98 Å². The van der Waals surface area contributed by atoms with Crippen molar-refractivity contribution >= 4 is 68.6 Å². The minimum atomic E-state index is 0.214. The maximum atomic E-state index is 11.3. The number of fused-ring (bicyclic) bond motifs is 3. The van der Waals surface area contributed by atoms with Gasteiger partial charge in [-0.1, -0.05) is 111 Å². The molecule has 0 saturated carbocycles. The number of phenolic OH excluding ortho intramolecular Hbond substituents is 2. The van der Waals surface area contributed by atoms with Gasteiger partial charge in [0.1, 0.15) is 11.5 Å². The fraction of sp³-hybridized carbons (Fsp3) is 0.174. The fourth-order valence-electron chi connectivity index (χ4n) is 6.96. The summed E-state index contributed by atoms with van der Waals surface area (Å²) in [6.07, 6.45) is 10.6. The number of aromatic hydroxyl groups is 2. The molecule has 0 aliphatic heterocycles. The van der Waals surface area contributed by atoms with Crippen LogP contribution in [0.3, 0.4) is 0 Å². The Bertz CT molecular complexity index is 2580. The predicted octanol–water partition coefficient (Wildman–Crippen LogP) is 9.61. The van der Waals surface area contributed by atoms with Gasteiger partial charge in [-0.05, 0) is 107 Å². The quantitative estimate of drug-likeness (QED) is 0.182. The zero-order valence-electron chi connectivity index (χ0n) is 29.8. The molecule has 4 heteroatoms. The van der Waals surface area contributed by atoms with E-state index in [1.165, 1.54) is 0 Å². The van der Waals surface area contributed by atoms with Gasteiger partial charge in [0.05, 0.1) is 22.8 Å². The molecule has 0 fully saturated rings. The summed E-state index contributed by atoms with van der Waals surface area (Å²) in [6.45, 7) is 12.0. The Balaban J connectivity index is 0.00000212.